The average Bonchev–Trinajstić information content (AvgIpc) is 2.92. The number of carboxylic acids is 1. The van der Waals surface area contributed by atoms with Gasteiger partial charge in [-0.15, -0.1) is 0 Å². The lowest BCUT2D eigenvalue weighted by Crippen LogP contribution is -2.41. The van der Waals surface area contributed by atoms with E-state index < -0.39 is 11.4 Å². The number of aliphatic hydroxyl groups excluding tert-OH is 1. The predicted molar refractivity (Wildman–Crippen MR) is 148 cm³/mol. The Kier molecular flexibility index (Phi) is 11.2. The van der Waals surface area contributed by atoms with Crippen LogP contribution in [-0.2, 0) is 10.2 Å². The van der Waals surface area contributed by atoms with Gasteiger partial charge in [-0.2, -0.15) is 0 Å². The smallest absolute Gasteiger partial charge is 0.318 e. The van der Waals surface area contributed by atoms with Gasteiger partial charge in [-0.25, -0.2) is 0 Å². The van der Waals surface area contributed by atoms with Crippen molar-refractivity contribution in [2.45, 2.75) is 82.5 Å². The molecular weight excluding hydrogens is 484 g/mol. The molecule has 38 heavy (non-hydrogen) atoms. The second-order valence-electron chi connectivity index (χ2n) is 9.93. The summed E-state index contributed by atoms with van der Waals surface area (Å²) >= 11 is 0. The molecule has 0 radical (unpaired) electrons. The van der Waals surface area contributed by atoms with E-state index >= 15 is 0 Å². The summed E-state index contributed by atoms with van der Waals surface area (Å²) in [6, 6.07) is 11.3. The van der Waals surface area contributed by atoms with Crippen molar-refractivity contribution >= 4 is 16.9 Å². The summed E-state index contributed by atoms with van der Waals surface area (Å²) in [7, 11) is 1.40. The number of unbranched alkanes of at least 4 members (excludes halogenated alkanes) is 10. The fourth-order valence-corrected chi connectivity index (χ4v) is 5.19. The van der Waals surface area contributed by atoms with Crippen molar-refractivity contribution in [2.75, 3.05) is 13.7 Å². The number of hydrogen-bond acceptors (Lipinski definition) is 6. The van der Waals surface area contributed by atoms with Crippen LogP contribution in [-0.4, -0.2) is 35.0 Å². The maximum Gasteiger partial charge on any atom is 0.318 e. The molecule has 0 fully saturated rings. The van der Waals surface area contributed by atoms with Gasteiger partial charge in [-0.05, 0) is 42.7 Å². The Morgan fingerprint density at radius 3 is 2.11 bits per heavy atom. The monoisotopic (exact) mass is 524 g/mol. The number of aliphatic hydroxyl groups is 1. The molecule has 0 amide bonds. The maximum absolute atomic E-state index is 13.6. The summed E-state index contributed by atoms with van der Waals surface area (Å²) < 4.78 is 11.0. The molecule has 7 nitrogen and oxygen atoms in total. The third-order valence-electron chi connectivity index (χ3n) is 7.39. The van der Waals surface area contributed by atoms with Gasteiger partial charge < -0.3 is 24.5 Å². The van der Waals surface area contributed by atoms with Crippen molar-refractivity contribution in [1.29, 1.82) is 0 Å². The molecule has 1 unspecified atom stereocenters. The molecule has 2 aromatic carbocycles. The van der Waals surface area contributed by atoms with E-state index in [-0.39, 0.29) is 35.5 Å². The zero-order valence-corrected chi connectivity index (χ0v) is 22.3. The molecule has 0 spiro atoms. The Balaban J connectivity index is 1.77. The van der Waals surface area contributed by atoms with Crippen LogP contribution >= 0.6 is 0 Å². The number of aromatic hydroxyl groups is 1. The van der Waals surface area contributed by atoms with Crippen LogP contribution in [0.1, 0.15) is 88.2 Å². The minimum atomic E-state index is -1.65. The van der Waals surface area contributed by atoms with Crippen LogP contribution < -0.4 is 10.2 Å². The molecule has 3 aromatic rings. The van der Waals surface area contributed by atoms with Crippen molar-refractivity contribution in [1.82, 2.24) is 0 Å². The highest BCUT2D eigenvalue weighted by molar-refractivity contribution is 5.88. The second kappa shape index (κ2) is 14.6. The normalized spacial score (nSPS) is 12.9. The molecule has 0 saturated carbocycles. The Bertz CT molecular complexity index is 1230. The zero-order chi connectivity index (χ0) is 27.4. The van der Waals surface area contributed by atoms with Gasteiger partial charge in [0.2, 0.25) is 0 Å². The number of phenols is 1. The minimum absolute atomic E-state index is 0.0673. The van der Waals surface area contributed by atoms with Crippen LogP contribution in [0.25, 0.3) is 11.0 Å². The number of carbonyl (C=O) groups is 1. The van der Waals surface area contributed by atoms with E-state index in [0.717, 1.165) is 38.5 Å². The first-order valence-corrected chi connectivity index (χ1v) is 13.7. The molecule has 0 aliphatic carbocycles. The van der Waals surface area contributed by atoms with E-state index in [4.69, 9.17) is 14.3 Å². The molecule has 7 heteroatoms. The third kappa shape index (κ3) is 6.95. The average molecular weight is 525 g/mol. The van der Waals surface area contributed by atoms with Gasteiger partial charge in [0.1, 0.15) is 11.0 Å². The van der Waals surface area contributed by atoms with Crippen molar-refractivity contribution in [3.05, 3.63) is 70.1 Å². The van der Waals surface area contributed by atoms with Crippen LogP contribution in [0.3, 0.4) is 0 Å². The number of carboxylic acid groups (broad SMARTS) is 1. The molecule has 1 aromatic heterocycles. The first-order chi connectivity index (χ1) is 18.5. The van der Waals surface area contributed by atoms with Gasteiger partial charge >= 0.3 is 5.97 Å². The van der Waals surface area contributed by atoms with Crippen LogP contribution in [0.15, 0.2) is 57.9 Å². The molecular formula is C31H40O7. The number of ether oxygens (including phenoxy) is 1. The van der Waals surface area contributed by atoms with E-state index in [1.165, 1.54) is 51.2 Å². The highest BCUT2D eigenvalue weighted by Gasteiger charge is 2.45. The van der Waals surface area contributed by atoms with E-state index in [1.54, 1.807) is 30.3 Å². The molecule has 0 aliphatic heterocycles. The fourth-order valence-electron chi connectivity index (χ4n) is 5.19. The number of aliphatic carboxylic acids is 1. The Morgan fingerprint density at radius 2 is 1.50 bits per heavy atom. The summed E-state index contributed by atoms with van der Waals surface area (Å²) in [5, 5.41) is 29.9. The predicted octanol–water partition coefficient (Wildman–Crippen LogP) is 6.55. The van der Waals surface area contributed by atoms with Crippen molar-refractivity contribution < 1.29 is 29.3 Å². The van der Waals surface area contributed by atoms with Gasteiger partial charge in [0.05, 0.1) is 24.3 Å². The van der Waals surface area contributed by atoms with Crippen molar-refractivity contribution in [2.24, 2.45) is 0 Å². The van der Waals surface area contributed by atoms with E-state index in [9.17, 15) is 19.8 Å². The Hall–Kier alpha value is -3.32. The van der Waals surface area contributed by atoms with Crippen LogP contribution in [0.4, 0.5) is 0 Å². The summed E-state index contributed by atoms with van der Waals surface area (Å²) in [6.07, 6.45) is 12.9. The summed E-state index contributed by atoms with van der Waals surface area (Å²) in [4.78, 5) is 26.6. The molecule has 3 N–H and O–H groups in total. The van der Waals surface area contributed by atoms with Gasteiger partial charge in [-0.1, -0.05) is 82.4 Å². The molecule has 206 valence electrons. The van der Waals surface area contributed by atoms with E-state index in [1.807, 2.05) is 0 Å². The summed E-state index contributed by atoms with van der Waals surface area (Å²) in [5.41, 5.74) is -1.20. The topological polar surface area (TPSA) is 117 Å². The number of hydrogen-bond donors (Lipinski definition) is 3. The fraction of sp³-hybridized carbons (Fsp3) is 0.484. The van der Waals surface area contributed by atoms with E-state index in [2.05, 4.69) is 0 Å². The van der Waals surface area contributed by atoms with Gasteiger partial charge in [-0.3, -0.25) is 9.59 Å². The lowest BCUT2D eigenvalue weighted by Gasteiger charge is -2.30. The molecule has 3 rings (SSSR count). The molecule has 0 aliphatic rings. The molecule has 1 heterocycles. The number of fused-ring (bicyclic) bond motifs is 1. The largest absolute Gasteiger partial charge is 0.504 e. The minimum Gasteiger partial charge on any atom is -0.504 e. The quantitative estimate of drug-likeness (QED) is 0.171. The SMILES string of the molecule is COc1cc(C(CCCCCCCCCCCCCO)(C(=O)O)c2coc3ccccc3c2=O)ccc1O. The Morgan fingerprint density at radius 1 is 0.895 bits per heavy atom. The van der Waals surface area contributed by atoms with Crippen molar-refractivity contribution in [3.63, 3.8) is 0 Å². The second-order valence-corrected chi connectivity index (χ2v) is 9.93. The van der Waals surface area contributed by atoms with Gasteiger partial charge in [0, 0.05) is 6.61 Å². The summed E-state index contributed by atoms with van der Waals surface area (Å²) in [5.74, 6) is -1.10. The first-order valence-electron chi connectivity index (χ1n) is 13.7. The zero-order valence-electron chi connectivity index (χ0n) is 22.3. The Labute approximate surface area is 224 Å². The highest BCUT2D eigenvalue weighted by atomic mass is 16.5. The van der Waals surface area contributed by atoms with Gasteiger partial charge in [0.25, 0.3) is 0 Å². The van der Waals surface area contributed by atoms with Crippen molar-refractivity contribution in [3.8, 4) is 11.5 Å². The first kappa shape index (κ1) is 29.2. The number of methoxy groups -OCH3 is 1. The maximum atomic E-state index is 13.6. The molecule has 0 saturated heterocycles. The number of phenolic OH excluding ortho intramolecular Hbond substituents is 1. The van der Waals surface area contributed by atoms with Gasteiger partial charge in [0.15, 0.2) is 16.9 Å². The lowest BCUT2D eigenvalue weighted by atomic mass is 9.71. The molecule has 0 bridgehead atoms. The lowest BCUT2D eigenvalue weighted by molar-refractivity contribution is -0.142. The van der Waals surface area contributed by atoms with Crippen LogP contribution in [0, 0.1) is 0 Å². The number of rotatable bonds is 17. The third-order valence-corrected chi connectivity index (χ3v) is 7.39. The highest BCUT2D eigenvalue weighted by Crippen LogP contribution is 2.40. The molecule has 1 atom stereocenters. The van der Waals surface area contributed by atoms with Crippen LogP contribution in [0.2, 0.25) is 0 Å². The summed E-state index contributed by atoms with van der Waals surface area (Å²) in [6.45, 7) is 0.273. The number of benzene rings is 2. The van der Waals surface area contributed by atoms with E-state index in [0.29, 0.717) is 23.0 Å². The number of para-hydroxylation sites is 1. The van der Waals surface area contributed by atoms with Crippen LogP contribution in [0.5, 0.6) is 11.5 Å². The standard InChI is InChI=1S/C31H40O7/c1-37-28-21-23(17-18-26(28)33)31(30(35)36,25-22-38-27-16-12-11-15-24(27)29(25)34)19-13-9-7-5-3-2-4-6-8-10-14-20-32/h11-12,15-18,21-22,32-33H,2-10,13-14,19-20H2,1H3,(H,35,36).